The average Bonchev–Trinajstić information content (AvgIpc) is 2.27. The fourth-order valence-corrected chi connectivity index (χ4v) is 1.57. The van der Waals surface area contributed by atoms with Crippen LogP contribution < -0.4 is 0 Å². The minimum atomic E-state index is -0.777. The van der Waals surface area contributed by atoms with Gasteiger partial charge in [0.2, 0.25) is 0 Å². The van der Waals surface area contributed by atoms with Gasteiger partial charge in [0.15, 0.2) is 5.75 Å². The number of aromatic hydroxyl groups is 1. The Morgan fingerprint density at radius 1 is 1.00 bits per heavy atom. The summed E-state index contributed by atoms with van der Waals surface area (Å²) in [7, 11) is 0. The lowest BCUT2D eigenvalue weighted by molar-refractivity contribution is -0.385. The molecule has 0 aliphatic rings. The summed E-state index contributed by atoms with van der Waals surface area (Å²) in [4.78, 5) is 9.87. The lowest BCUT2D eigenvalue weighted by Crippen LogP contribution is -1.90. The molecule has 0 aliphatic heterocycles. The van der Waals surface area contributed by atoms with Gasteiger partial charge in [-0.2, -0.15) is 0 Å². The first-order chi connectivity index (χ1) is 8.47. The third-order valence-corrected chi connectivity index (χ3v) is 2.37. The lowest BCUT2D eigenvalue weighted by atomic mass is 10.0. The van der Waals surface area contributed by atoms with Crippen LogP contribution in [0.5, 0.6) is 5.75 Å². The SMILES string of the molecule is O=[N+]([O-])c1cc(-c2cc(F)cc(F)c2)ccc1O. The van der Waals surface area contributed by atoms with E-state index in [4.69, 9.17) is 0 Å². The smallest absolute Gasteiger partial charge is 0.311 e. The maximum absolute atomic E-state index is 13.0. The van der Waals surface area contributed by atoms with E-state index in [1.54, 1.807) is 0 Å². The molecule has 0 radical (unpaired) electrons. The predicted octanol–water partition coefficient (Wildman–Crippen LogP) is 3.25. The molecule has 0 amide bonds. The molecule has 2 aromatic carbocycles. The highest BCUT2D eigenvalue weighted by Crippen LogP contribution is 2.31. The Labute approximate surface area is 100 Å². The highest BCUT2D eigenvalue weighted by Gasteiger charge is 2.14. The Hall–Kier alpha value is -2.50. The second-order valence-corrected chi connectivity index (χ2v) is 3.62. The standard InChI is InChI=1S/C12H7F2NO3/c13-9-3-8(4-10(14)6-9)7-1-2-12(16)11(5-7)15(17)18/h1-6,16H. The van der Waals surface area contributed by atoms with Gasteiger partial charge < -0.3 is 5.11 Å². The van der Waals surface area contributed by atoms with Crippen molar-refractivity contribution in [3.05, 3.63) is 58.1 Å². The first-order valence-electron chi connectivity index (χ1n) is 4.91. The molecule has 18 heavy (non-hydrogen) atoms. The molecule has 0 saturated heterocycles. The van der Waals surface area contributed by atoms with Crippen molar-refractivity contribution < 1.29 is 18.8 Å². The Morgan fingerprint density at radius 3 is 2.17 bits per heavy atom. The van der Waals surface area contributed by atoms with Gasteiger partial charge in [0, 0.05) is 12.1 Å². The Kier molecular flexibility index (Phi) is 2.93. The minimum absolute atomic E-state index is 0.163. The molecule has 0 atom stereocenters. The van der Waals surface area contributed by atoms with E-state index in [0.29, 0.717) is 6.07 Å². The number of phenolic OH excluding ortho intramolecular Hbond substituents is 1. The normalized spacial score (nSPS) is 10.3. The molecule has 0 aromatic heterocycles. The molecular formula is C12H7F2NO3. The molecule has 0 bridgehead atoms. The molecule has 6 heteroatoms. The van der Waals surface area contributed by atoms with E-state index in [0.717, 1.165) is 24.3 Å². The molecule has 2 rings (SSSR count). The maximum atomic E-state index is 13.0. The summed E-state index contributed by atoms with van der Waals surface area (Å²) in [6.07, 6.45) is 0. The molecule has 0 spiro atoms. The number of halogens is 2. The monoisotopic (exact) mass is 251 g/mol. The van der Waals surface area contributed by atoms with Crippen LogP contribution in [0.2, 0.25) is 0 Å². The number of rotatable bonds is 2. The molecule has 0 saturated carbocycles. The Morgan fingerprint density at radius 2 is 1.61 bits per heavy atom. The molecule has 0 aliphatic carbocycles. The maximum Gasteiger partial charge on any atom is 0.311 e. The van der Waals surface area contributed by atoms with Crippen LogP contribution in [0, 0.1) is 21.7 Å². The Balaban J connectivity index is 2.57. The third kappa shape index (κ3) is 2.27. The zero-order chi connectivity index (χ0) is 13.3. The van der Waals surface area contributed by atoms with Gasteiger partial charge in [0.25, 0.3) is 0 Å². The summed E-state index contributed by atoms with van der Waals surface area (Å²) in [5.74, 6) is -2.05. The summed E-state index contributed by atoms with van der Waals surface area (Å²) >= 11 is 0. The summed E-state index contributed by atoms with van der Waals surface area (Å²) in [6, 6.07) is 6.33. The van der Waals surface area contributed by atoms with Gasteiger partial charge >= 0.3 is 5.69 Å². The van der Waals surface area contributed by atoms with Crippen molar-refractivity contribution in [3.63, 3.8) is 0 Å². The van der Waals surface area contributed by atoms with Gasteiger partial charge in [-0.1, -0.05) is 6.07 Å². The van der Waals surface area contributed by atoms with E-state index in [9.17, 15) is 24.0 Å². The van der Waals surface area contributed by atoms with E-state index in [-0.39, 0.29) is 11.1 Å². The number of nitro groups is 1. The lowest BCUT2D eigenvalue weighted by Gasteiger charge is -2.03. The second kappa shape index (κ2) is 4.40. The Bertz CT molecular complexity index is 608. The van der Waals surface area contributed by atoms with Crippen LogP contribution in [-0.2, 0) is 0 Å². The van der Waals surface area contributed by atoms with Crippen molar-refractivity contribution >= 4 is 5.69 Å². The topological polar surface area (TPSA) is 63.4 Å². The molecule has 2 aromatic rings. The number of hydrogen-bond donors (Lipinski definition) is 1. The zero-order valence-electron chi connectivity index (χ0n) is 8.93. The van der Waals surface area contributed by atoms with E-state index < -0.39 is 28.0 Å². The molecule has 0 unspecified atom stereocenters. The van der Waals surface area contributed by atoms with Crippen molar-refractivity contribution in [1.29, 1.82) is 0 Å². The van der Waals surface area contributed by atoms with Crippen molar-refractivity contribution in [2.45, 2.75) is 0 Å². The average molecular weight is 251 g/mol. The van der Waals surface area contributed by atoms with Gasteiger partial charge in [0.05, 0.1) is 4.92 Å². The van der Waals surface area contributed by atoms with Crippen molar-refractivity contribution in [2.24, 2.45) is 0 Å². The van der Waals surface area contributed by atoms with Gasteiger partial charge in [-0.15, -0.1) is 0 Å². The van der Waals surface area contributed by atoms with Crippen LogP contribution >= 0.6 is 0 Å². The zero-order valence-corrected chi connectivity index (χ0v) is 8.93. The minimum Gasteiger partial charge on any atom is -0.502 e. The van der Waals surface area contributed by atoms with Crippen LogP contribution in [-0.4, -0.2) is 10.0 Å². The van der Waals surface area contributed by atoms with E-state index in [2.05, 4.69) is 0 Å². The number of nitro benzene ring substituents is 1. The van der Waals surface area contributed by atoms with Crippen molar-refractivity contribution in [3.8, 4) is 16.9 Å². The van der Waals surface area contributed by atoms with Gasteiger partial charge in [-0.25, -0.2) is 8.78 Å². The molecule has 4 nitrogen and oxygen atoms in total. The highest BCUT2D eigenvalue weighted by molar-refractivity contribution is 5.68. The first kappa shape index (κ1) is 12.0. The number of hydrogen-bond acceptors (Lipinski definition) is 3. The fraction of sp³-hybridized carbons (Fsp3) is 0. The van der Waals surface area contributed by atoms with E-state index in [1.165, 1.54) is 6.07 Å². The first-order valence-corrected chi connectivity index (χ1v) is 4.91. The van der Waals surface area contributed by atoms with Gasteiger partial charge in [0.1, 0.15) is 11.6 Å². The highest BCUT2D eigenvalue weighted by atomic mass is 19.1. The van der Waals surface area contributed by atoms with Crippen molar-refractivity contribution in [1.82, 2.24) is 0 Å². The summed E-state index contributed by atoms with van der Waals surface area (Å²) in [5.41, 5.74) is -0.106. The van der Waals surface area contributed by atoms with Crippen LogP contribution in [0.4, 0.5) is 14.5 Å². The predicted molar refractivity (Wildman–Crippen MR) is 60.1 cm³/mol. The molecule has 92 valence electrons. The number of phenols is 1. The van der Waals surface area contributed by atoms with E-state index in [1.807, 2.05) is 0 Å². The van der Waals surface area contributed by atoms with Gasteiger partial charge in [-0.05, 0) is 29.3 Å². The van der Waals surface area contributed by atoms with Crippen LogP contribution in [0.15, 0.2) is 36.4 Å². The fourth-order valence-electron chi connectivity index (χ4n) is 1.57. The van der Waals surface area contributed by atoms with Crippen molar-refractivity contribution in [2.75, 3.05) is 0 Å². The molecular weight excluding hydrogens is 244 g/mol. The molecule has 0 fully saturated rings. The van der Waals surface area contributed by atoms with Crippen LogP contribution in [0.3, 0.4) is 0 Å². The van der Waals surface area contributed by atoms with Crippen LogP contribution in [0.1, 0.15) is 0 Å². The third-order valence-electron chi connectivity index (χ3n) is 2.37. The second-order valence-electron chi connectivity index (χ2n) is 3.62. The number of benzene rings is 2. The summed E-state index contributed by atoms with van der Waals surface area (Å²) < 4.78 is 26.1. The number of nitrogens with zero attached hydrogens (tertiary/aromatic N) is 1. The van der Waals surface area contributed by atoms with Gasteiger partial charge in [-0.3, -0.25) is 10.1 Å². The quantitative estimate of drug-likeness (QED) is 0.658. The summed E-state index contributed by atoms with van der Waals surface area (Å²) in [5, 5.41) is 19.9. The summed E-state index contributed by atoms with van der Waals surface area (Å²) in [6.45, 7) is 0. The van der Waals surface area contributed by atoms with E-state index >= 15 is 0 Å². The van der Waals surface area contributed by atoms with Crippen LogP contribution in [0.25, 0.3) is 11.1 Å². The molecule has 1 N–H and O–H groups in total. The largest absolute Gasteiger partial charge is 0.502 e. The molecule has 0 heterocycles.